The van der Waals surface area contributed by atoms with Crippen molar-refractivity contribution < 1.29 is 14.3 Å². The molecular formula is C18H22Cl2N2O3. The number of nitrogens with two attached hydrogens (primary N) is 1. The van der Waals surface area contributed by atoms with Gasteiger partial charge in [0.2, 0.25) is 5.91 Å². The molecule has 5 nitrogen and oxygen atoms in total. The van der Waals surface area contributed by atoms with Gasteiger partial charge in [0, 0.05) is 18.5 Å². The summed E-state index contributed by atoms with van der Waals surface area (Å²) < 4.78 is 5.44. The van der Waals surface area contributed by atoms with Gasteiger partial charge in [0.1, 0.15) is 5.60 Å². The maximum atomic E-state index is 12.4. The van der Waals surface area contributed by atoms with Crippen LogP contribution in [0.2, 0.25) is 10.0 Å². The lowest BCUT2D eigenvalue weighted by atomic mass is 9.80. The van der Waals surface area contributed by atoms with Crippen LogP contribution < -0.4 is 5.73 Å². The van der Waals surface area contributed by atoms with E-state index in [1.165, 1.54) is 0 Å². The number of hydrogen-bond acceptors (Lipinski definition) is 3. The topological polar surface area (TPSA) is 72.6 Å². The number of piperidine rings is 1. The van der Waals surface area contributed by atoms with Gasteiger partial charge in [0.25, 0.3) is 0 Å². The Morgan fingerprint density at radius 3 is 2.48 bits per heavy atom. The summed E-state index contributed by atoms with van der Waals surface area (Å²) in [5, 5.41) is 0.923. The van der Waals surface area contributed by atoms with Crippen LogP contribution in [-0.2, 0) is 14.9 Å². The Kier molecular flexibility index (Phi) is 4.24. The molecule has 2 fully saturated rings. The summed E-state index contributed by atoms with van der Waals surface area (Å²) in [7, 11) is 0. The molecule has 2 amide bonds. The number of carbonyl (C=O) groups is 2. The molecule has 1 saturated carbocycles. The van der Waals surface area contributed by atoms with E-state index in [0.717, 1.165) is 5.56 Å². The van der Waals surface area contributed by atoms with Crippen molar-refractivity contribution in [1.82, 2.24) is 4.90 Å². The fraction of sp³-hybridized carbons (Fsp3) is 0.556. The van der Waals surface area contributed by atoms with Gasteiger partial charge in [-0.2, -0.15) is 0 Å². The summed E-state index contributed by atoms with van der Waals surface area (Å²) in [6, 6.07) is 5.43. The molecule has 1 heterocycles. The van der Waals surface area contributed by atoms with Crippen molar-refractivity contribution in [2.75, 3.05) is 13.1 Å². The summed E-state index contributed by atoms with van der Waals surface area (Å²) >= 11 is 12.2. The van der Waals surface area contributed by atoms with E-state index in [1.54, 1.807) is 17.0 Å². The van der Waals surface area contributed by atoms with E-state index in [2.05, 4.69) is 0 Å². The number of nitrogens with zero attached hydrogens (tertiary/aromatic N) is 1. The first-order valence-corrected chi connectivity index (χ1v) is 9.00. The molecule has 0 spiro atoms. The average Bonchev–Trinajstić information content (AvgIpc) is 3.19. The quantitative estimate of drug-likeness (QED) is 0.843. The first kappa shape index (κ1) is 18.3. The van der Waals surface area contributed by atoms with Gasteiger partial charge in [-0.15, -0.1) is 0 Å². The fourth-order valence-corrected chi connectivity index (χ4v) is 4.23. The third-order valence-electron chi connectivity index (χ3n) is 5.26. The molecule has 1 aliphatic heterocycles. The lowest BCUT2D eigenvalue weighted by Crippen LogP contribution is -2.50. The van der Waals surface area contributed by atoms with Gasteiger partial charge in [0.05, 0.1) is 15.5 Å². The Morgan fingerprint density at radius 1 is 1.24 bits per heavy atom. The molecule has 0 aromatic heterocycles. The molecule has 7 heteroatoms. The van der Waals surface area contributed by atoms with Crippen molar-refractivity contribution >= 4 is 35.2 Å². The van der Waals surface area contributed by atoms with Crippen LogP contribution in [0.15, 0.2) is 18.2 Å². The number of likely N-dealkylation sites (tertiary alicyclic amines) is 1. The van der Waals surface area contributed by atoms with E-state index in [-0.39, 0.29) is 12.0 Å². The third-order valence-corrected chi connectivity index (χ3v) is 6.00. The monoisotopic (exact) mass is 384 g/mol. The number of halogens is 2. The van der Waals surface area contributed by atoms with Crippen molar-refractivity contribution in [3.63, 3.8) is 0 Å². The number of fused-ring (bicyclic) bond motifs is 1. The van der Waals surface area contributed by atoms with Crippen LogP contribution in [0.3, 0.4) is 0 Å². The van der Waals surface area contributed by atoms with Crippen LogP contribution in [0.1, 0.15) is 39.2 Å². The summed E-state index contributed by atoms with van der Waals surface area (Å²) in [5.74, 6) is -0.396. The standard InChI is InChI=1S/C18H22Cl2N2O3/c1-16(2,3)25-15(24)22-7-6-17(9-18(17,10-22)14(21)23)11-4-5-12(19)13(20)8-11/h4-5,8H,6-7,9-10H2,1-3H3,(H2,21,23). The molecule has 1 aromatic carbocycles. The highest BCUT2D eigenvalue weighted by Crippen LogP contribution is 2.69. The SMILES string of the molecule is CC(C)(C)OC(=O)N1CCC2(c3ccc(Cl)c(Cl)c3)CC2(C(N)=O)C1. The maximum absolute atomic E-state index is 12.4. The minimum absolute atomic E-state index is 0.261. The van der Waals surface area contributed by atoms with Gasteiger partial charge < -0.3 is 15.4 Å². The van der Waals surface area contributed by atoms with Crippen molar-refractivity contribution in [1.29, 1.82) is 0 Å². The van der Waals surface area contributed by atoms with Gasteiger partial charge >= 0.3 is 6.09 Å². The smallest absolute Gasteiger partial charge is 0.410 e. The Labute approximate surface area is 157 Å². The summed E-state index contributed by atoms with van der Waals surface area (Å²) in [4.78, 5) is 26.3. The minimum Gasteiger partial charge on any atom is -0.444 e. The second kappa shape index (κ2) is 5.78. The number of amides is 2. The molecule has 2 N–H and O–H groups in total. The minimum atomic E-state index is -0.778. The highest BCUT2D eigenvalue weighted by molar-refractivity contribution is 6.42. The van der Waals surface area contributed by atoms with Crippen molar-refractivity contribution in [3.8, 4) is 0 Å². The van der Waals surface area contributed by atoms with Gasteiger partial charge in [0.15, 0.2) is 0 Å². The number of ether oxygens (including phenoxy) is 1. The summed E-state index contributed by atoms with van der Waals surface area (Å²) in [5.41, 5.74) is 4.95. The van der Waals surface area contributed by atoms with Crippen molar-refractivity contribution in [2.24, 2.45) is 11.1 Å². The zero-order chi connectivity index (χ0) is 18.6. The predicted octanol–water partition coefficient (Wildman–Crippen LogP) is 3.75. The van der Waals surface area contributed by atoms with Crippen molar-refractivity contribution in [3.05, 3.63) is 33.8 Å². The lowest BCUT2D eigenvalue weighted by Gasteiger charge is -2.37. The Hall–Kier alpha value is -1.46. The zero-order valence-electron chi connectivity index (χ0n) is 14.6. The first-order valence-electron chi connectivity index (χ1n) is 8.24. The summed E-state index contributed by atoms with van der Waals surface area (Å²) in [6.07, 6.45) is 0.822. The van der Waals surface area contributed by atoms with Gasteiger partial charge in [-0.25, -0.2) is 4.79 Å². The second-order valence-electron chi connectivity index (χ2n) is 7.99. The number of rotatable bonds is 2. The normalized spacial score (nSPS) is 28.3. The molecular weight excluding hydrogens is 363 g/mol. The van der Waals surface area contributed by atoms with E-state index >= 15 is 0 Å². The van der Waals surface area contributed by atoms with E-state index in [9.17, 15) is 9.59 Å². The van der Waals surface area contributed by atoms with Gasteiger partial charge in [-0.1, -0.05) is 29.3 Å². The predicted molar refractivity (Wildman–Crippen MR) is 96.8 cm³/mol. The number of primary amides is 1. The van der Waals surface area contributed by atoms with Crippen LogP contribution in [-0.4, -0.2) is 35.6 Å². The molecule has 1 aliphatic carbocycles. The fourth-order valence-electron chi connectivity index (χ4n) is 3.94. The maximum Gasteiger partial charge on any atom is 0.410 e. The Morgan fingerprint density at radius 2 is 1.92 bits per heavy atom. The van der Waals surface area contributed by atoms with Crippen LogP contribution in [0.25, 0.3) is 0 Å². The zero-order valence-corrected chi connectivity index (χ0v) is 16.1. The number of benzene rings is 1. The molecule has 0 radical (unpaired) electrons. The molecule has 25 heavy (non-hydrogen) atoms. The molecule has 2 aliphatic rings. The molecule has 3 rings (SSSR count). The van der Waals surface area contributed by atoms with Crippen molar-refractivity contribution in [2.45, 2.75) is 44.6 Å². The third kappa shape index (κ3) is 2.97. The molecule has 2 atom stereocenters. The molecule has 1 aromatic rings. The van der Waals surface area contributed by atoms with Crippen LogP contribution in [0.4, 0.5) is 4.79 Å². The summed E-state index contributed by atoms with van der Waals surface area (Å²) in [6.45, 7) is 6.21. The molecule has 136 valence electrons. The second-order valence-corrected chi connectivity index (χ2v) is 8.80. The van der Waals surface area contributed by atoms with E-state index < -0.39 is 23.0 Å². The van der Waals surface area contributed by atoms with Crippen LogP contribution in [0.5, 0.6) is 0 Å². The van der Waals surface area contributed by atoms with E-state index in [1.807, 2.05) is 26.8 Å². The van der Waals surface area contributed by atoms with E-state index in [4.69, 9.17) is 33.7 Å². The number of hydrogen-bond donors (Lipinski definition) is 1. The molecule has 2 unspecified atom stereocenters. The van der Waals surface area contributed by atoms with Gasteiger partial charge in [-0.3, -0.25) is 4.79 Å². The lowest BCUT2D eigenvalue weighted by molar-refractivity contribution is -0.125. The Balaban J connectivity index is 1.88. The largest absolute Gasteiger partial charge is 0.444 e. The number of carbonyl (C=O) groups excluding carboxylic acids is 2. The Bertz CT molecular complexity index is 746. The van der Waals surface area contributed by atoms with Crippen LogP contribution in [0, 0.1) is 5.41 Å². The highest BCUT2D eigenvalue weighted by atomic mass is 35.5. The van der Waals surface area contributed by atoms with Crippen LogP contribution >= 0.6 is 23.2 Å². The van der Waals surface area contributed by atoms with Gasteiger partial charge in [-0.05, 0) is 51.3 Å². The molecule has 1 saturated heterocycles. The molecule has 0 bridgehead atoms. The first-order chi connectivity index (χ1) is 11.5. The average molecular weight is 385 g/mol. The highest BCUT2D eigenvalue weighted by Gasteiger charge is 2.73. The van der Waals surface area contributed by atoms with E-state index in [0.29, 0.717) is 29.4 Å².